The Bertz CT molecular complexity index is 963. The molecule has 10 heteroatoms. The highest BCUT2D eigenvalue weighted by Gasteiger charge is 2.14. The summed E-state index contributed by atoms with van der Waals surface area (Å²) < 4.78 is 10.1. The largest absolute Gasteiger partial charge is 0.489 e. The lowest BCUT2D eigenvalue weighted by molar-refractivity contribution is 0.0944. The first-order chi connectivity index (χ1) is 14.0. The molecule has 0 fully saturated rings. The topological polar surface area (TPSA) is 115 Å². The minimum atomic E-state index is -0.423. The van der Waals surface area contributed by atoms with Crippen LogP contribution in [0.25, 0.3) is 0 Å². The number of ether oxygens (including phenoxy) is 1. The summed E-state index contributed by atoms with van der Waals surface area (Å²) >= 11 is 12.0. The van der Waals surface area contributed by atoms with E-state index in [1.807, 2.05) is 30.3 Å². The fourth-order valence-corrected chi connectivity index (χ4v) is 2.90. The maximum Gasteiger partial charge on any atom is 0.277 e. The lowest BCUT2D eigenvalue weighted by Crippen LogP contribution is -2.32. The number of carbonyl (C=O) groups is 1. The van der Waals surface area contributed by atoms with E-state index < -0.39 is 5.91 Å². The lowest BCUT2D eigenvalue weighted by atomic mass is 10.2. The SMILES string of the molecule is Nc1nonc1C(=O)NCCNCc1ccc(OCc2ccc(Cl)cc2Cl)cc1. The van der Waals surface area contributed by atoms with Crippen LogP contribution in [0.15, 0.2) is 47.1 Å². The molecule has 0 atom stereocenters. The Morgan fingerprint density at radius 2 is 1.90 bits per heavy atom. The molecule has 3 aromatic rings. The van der Waals surface area contributed by atoms with E-state index in [0.717, 1.165) is 16.9 Å². The number of nitrogen functional groups attached to an aromatic ring is 1. The maximum absolute atomic E-state index is 11.8. The van der Waals surface area contributed by atoms with Gasteiger partial charge in [0.2, 0.25) is 11.5 Å². The predicted octanol–water partition coefficient (Wildman–Crippen LogP) is 3.06. The van der Waals surface area contributed by atoms with Crippen molar-refractivity contribution in [1.29, 1.82) is 0 Å². The molecule has 1 heterocycles. The van der Waals surface area contributed by atoms with Gasteiger partial charge in [0.05, 0.1) is 0 Å². The van der Waals surface area contributed by atoms with Gasteiger partial charge in [-0.1, -0.05) is 41.4 Å². The molecule has 29 heavy (non-hydrogen) atoms. The smallest absolute Gasteiger partial charge is 0.277 e. The first-order valence-electron chi connectivity index (χ1n) is 8.75. The average molecular weight is 436 g/mol. The van der Waals surface area contributed by atoms with Gasteiger partial charge in [-0.3, -0.25) is 4.79 Å². The van der Waals surface area contributed by atoms with Crippen LogP contribution in [0.1, 0.15) is 21.6 Å². The summed E-state index contributed by atoms with van der Waals surface area (Å²) in [6, 6.07) is 13.0. The second kappa shape index (κ2) is 10.1. The van der Waals surface area contributed by atoms with Gasteiger partial charge in [-0.25, -0.2) is 4.63 Å². The van der Waals surface area contributed by atoms with Crippen molar-refractivity contribution >= 4 is 34.9 Å². The molecule has 1 amide bonds. The Kier molecular flexibility index (Phi) is 7.29. The number of nitrogens with two attached hydrogens (primary N) is 1. The van der Waals surface area contributed by atoms with Crippen LogP contribution in [-0.2, 0) is 13.2 Å². The van der Waals surface area contributed by atoms with Gasteiger partial charge in [0.15, 0.2) is 0 Å². The molecule has 4 N–H and O–H groups in total. The summed E-state index contributed by atoms with van der Waals surface area (Å²) in [4.78, 5) is 11.8. The molecule has 0 saturated carbocycles. The lowest BCUT2D eigenvalue weighted by Gasteiger charge is -2.10. The van der Waals surface area contributed by atoms with Crippen LogP contribution < -0.4 is 21.1 Å². The van der Waals surface area contributed by atoms with Crippen LogP contribution in [0, 0.1) is 0 Å². The zero-order valence-corrected chi connectivity index (χ0v) is 16.8. The maximum atomic E-state index is 11.8. The van der Waals surface area contributed by atoms with Gasteiger partial charge in [0, 0.05) is 35.2 Å². The molecule has 2 aromatic carbocycles. The average Bonchev–Trinajstić information content (AvgIpc) is 3.14. The molecular weight excluding hydrogens is 417 g/mol. The second-order valence-corrected chi connectivity index (χ2v) is 6.94. The van der Waals surface area contributed by atoms with Crippen molar-refractivity contribution in [3.05, 3.63) is 69.3 Å². The molecule has 0 bridgehead atoms. The van der Waals surface area contributed by atoms with Gasteiger partial charge in [0.1, 0.15) is 12.4 Å². The number of nitrogens with one attached hydrogen (secondary N) is 2. The Balaban J connectivity index is 1.37. The van der Waals surface area contributed by atoms with Gasteiger partial charge >= 0.3 is 0 Å². The monoisotopic (exact) mass is 435 g/mol. The standard InChI is InChI=1S/C19H19Cl2N5O3/c20-14-4-3-13(16(21)9-14)11-28-15-5-1-12(2-6-15)10-23-7-8-24-19(27)17-18(22)26-29-25-17/h1-6,9,23H,7-8,10-11H2,(H2,22,26)(H,24,27). The Hall–Kier alpha value is -2.81. The number of halogens is 2. The second-order valence-electron chi connectivity index (χ2n) is 6.10. The normalized spacial score (nSPS) is 10.7. The molecule has 0 aliphatic rings. The van der Waals surface area contributed by atoms with Crippen molar-refractivity contribution in [3.63, 3.8) is 0 Å². The van der Waals surface area contributed by atoms with Crippen LogP contribution in [-0.4, -0.2) is 29.3 Å². The number of hydrogen-bond acceptors (Lipinski definition) is 7. The number of anilines is 1. The highest BCUT2D eigenvalue weighted by molar-refractivity contribution is 6.35. The van der Waals surface area contributed by atoms with Crippen LogP contribution in [0.5, 0.6) is 5.75 Å². The van der Waals surface area contributed by atoms with Crippen molar-refractivity contribution in [2.24, 2.45) is 0 Å². The Morgan fingerprint density at radius 3 is 2.59 bits per heavy atom. The number of hydrogen-bond donors (Lipinski definition) is 3. The highest BCUT2D eigenvalue weighted by Crippen LogP contribution is 2.22. The number of rotatable bonds is 9. The van der Waals surface area contributed by atoms with E-state index in [2.05, 4.69) is 25.6 Å². The third kappa shape index (κ3) is 6.08. The fraction of sp³-hybridized carbons (Fsp3) is 0.211. The third-order valence-electron chi connectivity index (χ3n) is 3.98. The number of amides is 1. The van der Waals surface area contributed by atoms with Gasteiger partial charge in [-0.15, -0.1) is 0 Å². The summed E-state index contributed by atoms with van der Waals surface area (Å²) in [7, 11) is 0. The molecule has 3 rings (SSSR count). The van der Waals surface area contributed by atoms with Crippen LogP contribution in [0.2, 0.25) is 10.0 Å². The van der Waals surface area contributed by atoms with E-state index in [9.17, 15) is 4.79 Å². The van der Waals surface area contributed by atoms with E-state index >= 15 is 0 Å². The molecule has 8 nitrogen and oxygen atoms in total. The van der Waals surface area contributed by atoms with Gasteiger partial charge in [-0.2, -0.15) is 0 Å². The van der Waals surface area contributed by atoms with E-state index in [1.165, 1.54) is 0 Å². The molecule has 0 aliphatic carbocycles. The minimum absolute atomic E-state index is 0.0134. The first kappa shape index (κ1) is 20.9. The Morgan fingerprint density at radius 1 is 1.10 bits per heavy atom. The van der Waals surface area contributed by atoms with Gasteiger partial charge in [0.25, 0.3) is 5.91 Å². The van der Waals surface area contributed by atoms with E-state index in [0.29, 0.717) is 36.3 Å². The molecule has 1 aromatic heterocycles. The van der Waals surface area contributed by atoms with Crippen molar-refractivity contribution in [2.45, 2.75) is 13.2 Å². The molecule has 0 aliphatic heterocycles. The minimum Gasteiger partial charge on any atom is -0.489 e. The zero-order valence-electron chi connectivity index (χ0n) is 15.3. The molecule has 0 unspecified atom stereocenters. The summed E-state index contributed by atoms with van der Waals surface area (Å²) in [6.45, 7) is 1.99. The summed E-state index contributed by atoms with van der Waals surface area (Å²) in [5.41, 5.74) is 7.40. The first-order valence-corrected chi connectivity index (χ1v) is 9.51. The van der Waals surface area contributed by atoms with Crippen LogP contribution >= 0.6 is 23.2 Å². The van der Waals surface area contributed by atoms with Crippen molar-refractivity contribution in [2.75, 3.05) is 18.8 Å². The van der Waals surface area contributed by atoms with Crippen molar-refractivity contribution in [1.82, 2.24) is 20.9 Å². The quantitative estimate of drug-likeness (QED) is 0.442. The summed E-state index contributed by atoms with van der Waals surface area (Å²) in [5.74, 6) is 0.287. The molecule has 0 saturated heterocycles. The van der Waals surface area contributed by atoms with Crippen molar-refractivity contribution in [3.8, 4) is 5.75 Å². The Labute approximate surface area is 177 Å². The van der Waals surface area contributed by atoms with E-state index in [4.69, 9.17) is 33.7 Å². The summed E-state index contributed by atoms with van der Waals surface area (Å²) in [6.07, 6.45) is 0. The fourth-order valence-electron chi connectivity index (χ4n) is 2.44. The third-order valence-corrected chi connectivity index (χ3v) is 4.57. The van der Waals surface area contributed by atoms with E-state index in [1.54, 1.807) is 12.1 Å². The molecule has 0 radical (unpaired) electrons. The van der Waals surface area contributed by atoms with Crippen molar-refractivity contribution < 1.29 is 14.2 Å². The molecule has 0 spiro atoms. The van der Waals surface area contributed by atoms with E-state index in [-0.39, 0.29) is 11.5 Å². The number of aromatic nitrogens is 2. The highest BCUT2D eigenvalue weighted by atomic mass is 35.5. The number of carbonyl (C=O) groups excluding carboxylic acids is 1. The molecule has 152 valence electrons. The van der Waals surface area contributed by atoms with Gasteiger partial charge < -0.3 is 21.1 Å². The van der Waals surface area contributed by atoms with Gasteiger partial charge in [-0.05, 0) is 40.1 Å². The van der Waals surface area contributed by atoms with Crippen LogP contribution in [0.3, 0.4) is 0 Å². The predicted molar refractivity (Wildman–Crippen MR) is 110 cm³/mol. The summed E-state index contributed by atoms with van der Waals surface area (Å²) in [5, 5.41) is 13.9. The molecular formula is C19H19Cl2N5O3. The van der Waals surface area contributed by atoms with Crippen LogP contribution in [0.4, 0.5) is 5.82 Å². The zero-order chi connectivity index (χ0) is 20.6. The number of benzene rings is 2. The number of nitrogens with zero attached hydrogens (tertiary/aromatic N) is 2.